The molecule has 6 nitrogen and oxygen atoms in total. The number of hydrogen-bond donors (Lipinski definition) is 0. The molecule has 0 saturated carbocycles. The second-order valence-corrected chi connectivity index (χ2v) is 6.73. The second-order valence-electron chi connectivity index (χ2n) is 6.73. The average molecular weight is 397 g/mol. The molecule has 0 unspecified atom stereocenters. The fourth-order valence-corrected chi connectivity index (χ4v) is 3.28. The van der Waals surface area contributed by atoms with E-state index >= 15 is 0 Å². The summed E-state index contributed by atoms with van der Waals surface area (Å²) >= 11 is 0. The number of carbonyl (C=O) groups excluding carboxylic acids is 1. The molecule has 0 bridgehead atoms. The van der Waals surface area contributed by atoms with Gasteiger partial charge in [0.15, 0.2) is 17.3 Å². The van der Waals surface area contributed by atoms with Crippen LogP contribution in [0.25, 0.3) is 6.08 Å². The number of rotatable bonds is 8. The summed E-state index contributed by atoms with van der Waals surface area (Å²) in [6, 6.07) is 11.1. The summed E-state index contributed by atoms with van der Waals surface area (Å²) in [5.41, 5.74) is 2.58. The fraction of sp³-hybridized carbons (Fsp3) is 0.348. The largest absolute Gasteiger partial charge is 0.496 e. The lowest BCUT2D eigenvalue weighted by Crippen LogP contribution is -2.35. The van der Waals surface area contributed by atoms with E-state index in [0.29, 0.717) is 17.1 Å². The first-order valence-electron chi connectivity index (χ1n) is 9.56. The lowest BCUT2D eigenvalue weighted by atomic mass is 10.1. The molecule has 3 rings (SSSR count). The zero-order chi connectivity index (χ0) is 20.6. The minimum absolute atomic E-state index is 0.100. The molecule has 2 aromatic rings. The molecule has 0 amide bonds. The molecule has 1 saturated heterocycles. The van der Waals surface area contributed by atoms with Crippen molar-refractivity contribution in [2.45, 2.75) is 6.54 Å². The number of methoxy groups -OCH3 is 3. The Balaban J connectivity index is 1.75. The molecule has 0 radical (unpaired) electrons. The average Bonchev–Trinajstić information content (AvgIpc) is 2.77. The maximum absolute atomic E-state index is 12.6. The Morgan fingerprint density at radius 3 is 2.34 bits per heavy atom. The van der Waals surface area contributed by atoms with Crippen molar-refractivity contribution in [3.8, 4) is 17.2 Å². The number of ether oxygens (including phenoxy) is 4. The summed E-state index contributed by atoms with van der Waals surface area (Å²) in [5, 5.41) is 0. The van der Waals surface area contributed by atoms with E-state index in [4.69, 9.17) is 18.9 Å². The van der Waals surface area contributed by atoms with E-state index in [1.165, 1.54) is 0 Å². The Kier molecular flexibility index (Phi) is 7.27. The van der Waals surface area contributed by atoms with Crippen molar-refractivity contribution >= 4 is 11.9 Å². The van der Waals surface area contributed by atoms with Crippen LogP contribution in [-0.2, 0) is 11.3 Å². The molecule has 6 heteroatoms. The monoisotopic (exact) mass is 397 g/mol. The highest BCUT2D eigenvalue weighted by molar-refractivity contribution is 6.07. The lowest BCUT2D eigenvalue weighted by Gasteiger charge is -2.27. The fourth-order valence-electron chi connectivity index (χ4n) is 3.28. The van der Waals surface area contributed by atoms with Crippen LogP contribution < -0.4 is 14.2 Å². The van der Waals surface area contributed by atoms with Crippen LogP contribution in [0.3, 0.4) is 0 Å². The number of carbonyl (C=O) groups is 1. The van der Waals surface area contributed by atoms with Gasteiger partial charge in [-0.25, -0.2) is 0 Å². The van der Waals surface area contributed by atoms with E-state index in [1.54, 1.807) is 45.6 Å². The number of hydrogen-bond acceptors (Lipinski definition) is 6. The summed E-state index contributed by atoms with van der Waals surface area (Å²) in [5.74, 6) is 1.87. The zero-order valence-electron chi connectivity index (χ0n) is 17.1. The van der Waals surface area contributed by atoms with Gasteiger partial charge in [0.05, 0.1) is 34.5 Å². The predicted octanol–water partition coefficient (Wildman–Crippen LogP) is 3.44. The van der Waals surface area contributed by atoms with Crippen molar-refractivity contribution in [1.82, 2.24) is 4.90 Å². The van der Waals surface area contributed by atoms with Crippen LogP contribution in [0.5, 0.6) is 17.2 Å². The molecular formula is C23H27NO5. The first kappa shape index (κ1) is 20.9. The third-order valence-electron chi connectivity index (χ3n) is 4.90. The van der Waals surface area contributed by atoms with Crippen molar-refractivity contribution in [1.29, 1.82) is 0 Å². The molecule has 154 valence electrons. The summed E-state index contributed by atoms with van der Waals surface area (Å²) in [6.45, 7) is 4.10. The highest BCUT2D eigenvalue weighted by atomic mass is 16.5. The van der Waals surface area contributed by atoms with E-state index in [-0.39, 0.29) is 5.78 Å². The molecule has 2 aromatic carbocycles. The topological polar surface area (TPSA) is 57.2 Å². The van der Waals surface area contributed by atoms with Gasteiger partial charge in [-0.2, -0.15) is 0 Å². The number of ketones is 1. The molecule has 29 heavy (non-hydrogen) atoms. The minimum Gasteiger partial charge on any atom is -0.496 e. The maximum Gasteiger partial charge on any atom is 0.185 e. The first-order valence-corrected chi connectivity index (χ1v) is 9.56. The van der Waals surface area contributed by atoms with Gasteiger partial charge in [0.1, 0.15) is 5.75 Å². The minimum atomic E-state index is -0.100. The molecule has 0 aromatic heterocycles. The van der Waals surface area contributed by atoms with Crippen molar-refractivity contribution in [3.63, 3.8) is 0 Å². The highest BCUT2D eigenvalue weighted by Gasteiger charge is 2.14. The van der Waals surface area contributed by atoms with Gasteiger partial charge in [-0.15, -0.1) is 0 Å². The molecule has 0 atom stereocenters. The Morgan fingerprint density at radius 2 is 1.66 bits per heavy atom. The molecule has 0 aliphatic carbocycles. The third-order valence-corrected chi connectivity index (χ3v) is 4.90. The SMILES string of the molecule is COc1ccc(/C=C/C(=O)c2ccc(OC)c(OC)c2)cc1CN1CCOCC1. The van der Waals surface area contributed by atoms with Crippen molar-refractivity contribution in [2.24, 2.45) is 0 Å². The quantitative estimate of drug-likeness (QED) is 0.502. The van der Waals surface area contributed by atoms with Crippen LogP contribution in [0.1, 0.15) is 21.5 Å². The van der Waals surface area contributed by atoms with Crippen molar-refractivity contribution in [3.05, 3.63) is 59.2 Å². The Hall–Kier alpha value is -2.83. The van der Waals surface area contributed by atoms with Crippen LogP contribution in [0, 0.1) is 0 Å². The van der Waals surface area contributed by atoms with Crippen LogP contribution in [-0.4, -0.2) is 58.3 Å². The van der Waals surface area contributed by atoms with Crippen LogP contribution in [0.4, 0.5) is 0 Å². The maximum atomic E-state index is 12.6. The van der Waals surface area contributed by atoms with Crippen LogP contribution >= 0.6 is 0 Å². The van der Waals surface area contributed by atoms with Gasteiger partial charge in [0, 0.05) is 30.8 Å². The molecule has 1 fully saturated rings. The van der Waals surface area contributed by atoms with Crippen LogP contribution in [0.2, 0.25) is 0 Å². The van der Waals surface area contributed by atoms with Gasteiger partial charge in [-0.05, 0) is 42.0 Å². The Bertz CT molecular complexity index is 872. The van der Waals surface area contributed by atoms with Gasteiger partial charge < -0.3 is 18.9 Å². The molecular weight excluding hydrogens is 370 g/mol. The predicted molar refractivity (Wildman–Crippen MR) is 112 cm³/mol. The van der Waals surface area contributed by atoms with Gasteiger partial charge in [-0.3, -0.25) is 9.69 Å². The van der Waals surface area contributed by atoms with E-state index < -0.39 is 0 Å². The van der Waals surface area contributed by atoms with Crippen molar-refractivity contribution < 1.29 is 23.7 Å². The van der Waals surface area contributed by atoms with Gasteiger partial charge in [0.2, 0.25) is 0 Å². The third kappa shape index (κ3) is 5.37. The number of nitrogens with zero attached hydrogens (tertiary/aromatic N) is 1. The highest BCUT2D eigenvalue weighted by Crippen LogP contribution is 2.28. The van der Waals surface area contributed by atoms with Gasteiger partial charge in [0.25, 0.3) is 0 Å². The lowest BCUT2D eigenvalue weighted by molar-refractivity contribution is 0.0339. The molecule has 1 aliphatic rings. The smallest absolute Gasteiger partial charge is 0.185 e. The standard InChI is InChI=1S/C23H27NO5/c1-26-21-8-5-17(14-19(21)16-24-10-12-29-13-11-24)4-7-20(25)18-6-9-22(27-2)23(15-18)28-3/h4-9,14-15H,10-13,16H2,1-3H3/b7-4+. The second kappa shape index (κ2) is 10.1. The van der Waals surface area contributed by atoms with Gasteiger partial charge in [-0.1, -0.05) is 12.1 Å². The Morgan fingerprint density at radius 1 is 0.966 bits per heavy atom. The zero-order valence-corrected chi connectivity index (χ0v) is 17.1. The summed E-state index contributed by atoms with van der Waals surface area (Å²) < 4.78 is 21.4. The number of allylic oxidation sites excluding steroid dienone is 1. The van der Waals surface area contributed by atoms with Crippen molar-refractivity contribution in [2.75, 3.05) is 47.6 Å². The van der Waals surface area contributed by atoms with Gasteiger partial charge >= 0.3 is 0 Å². The summed E-state index contributed by atoms with van der Waals surface area (Å²) in [4.78, 5) is 14.9. The van der Waals surface area contributed by atoms with E-state index in [0.717, 1.165) is 49.7 Å². The van der Waals surface area contributed by atoms with E-state index in [1.807, 2.05) is 18.2 Å². The normalized spacial score (nSPS) is 14.7. The molecule has 1 heterocycles. The molecule has 0 N–H and O–H groups in total. The Labute approximate surface area is 171 Å². The molecule has 0 spiro atoms. The number of morpholine rings is 1. The number of benzene rings is 2. The summed E-state index contributed by atoms with van der Waals surface area (Å²) in [7, 11) is 4.79. The summed E-state index contributed by atoms with van der Waals surface area (Å²) in [6.07, 6.45) is 3.39. The first-order chi connectivity index (χ1) is 14.1. The van der Waals surface area contributed by atoms with Crippen LogP contribution in [0.15, 0.2) is 42.5 Å². The van der Waals surface area contributed by atoms with E-state index in [2.05, 4.69) is 11.0 Å². The molecule has 1 aliphatic heterocycles. The van der Waals surface area contributed by atoms with E-state index in [9.17, 15) is 4.79 Å².